The van der Waals surface area contributed by atoms with E-state index in [9.17, 15) is 10.2 Å². The Morgan fingerprint density at radius 1 is 0.657 bits per heavy atom. The highest BCUT2D eigenvalue weighted by Gasteiger charge is 2.30. The molecule has 2 N–H and O–H groups in total. The van der Waals surface area contributed by atoms with Gasteiger partial charge in [0.2, 0.25) is 0 Å². The smallest absolute Gasteiger partial charge is 0.0982 e. The average Bonchev–Trinajstić information content (AvgIpc) is 3.55. The van der Waals surface area contributed by atoms with Gasteiger partial charge in [0.25, 0.3) is 0 Å². The quantitative estimate of drug-likeness (QED) is 0.480. The lowest BCUT2D eigenvalue weighted by Gasteiger charge is -2.26. The van der Waals surface area contributed by atoms with Crippen molar-refractivity contribution in [2.75, 3.05) is 39.3 Å². The van der Waals surface area contributed by atoms with Crippen molar-refractivity contribution >= 4 is 11.3 Å². The van der Waals surface area contributed by atoms with Gasteiger partial charge >= 0.3 is 0 Å². The number of hydrogen-bond donors (Lipinski definition) is 2. The van der Waals surface area contributed by atoms with Crippen molar-refractivity contribution in [1.29, 1.82) is 0 Å². The van der Waals surface area contributed by atoms with Gasteiger partial charge in [0, 0.05) is 34.7 Å². The molecule has 2 fully saturated rings. The van der Waals surface area contributed by atoms with E-state index in [-0.39, 0.29) is 11.8 Å². The maximum Gasteiger partial charge on any atom is 0.0982 e. The van der Waals surface area contributed by atoms with Crippen molar-refractivity contribution in [3.63, 3.8) is 0 Å². The Kier molecular flexibility index (Phi) is 8.74. The molecular formula is C30H42N2O2S. The Labute approximate surface area is 215 Å². The van der Waals surface area contributed by atoms with Crippen LogP contribution in [0, 0.1) is 11.8 Å². The number of allylic oxidation sites excluding steroid dienone is 4. The van der Waals surface area contributed by atoms with E-state index < -0.39 is 12.2 Å². The van der Waals surface area contributed by atoms with Crippen LogP contribution in [0.2, 0.25) is 0 Å². The van der Waals surface area contributed by atoms with E-state index in [1.54, 1.807) is 11.3 Å². The van der Waals surface area contributed by atoms with Crippen molar-refractivity contribution < 1.29 is 10.2 Å². The van der Waals surface area contributed by atoms with Gasteiger partial charge in [-0.1, -0.05) is 62.1 Å². The number of hydrogen-bond acceptors (Lipinski definition) is 5. The minimum Gasteiger partial charge on any atom is -0.387 e. The molecular weight excluding hydrogens is 452 g/mol. The van der Waals surface area contributed by atoms with E-state index in [0.717, 1.165) is 49.0 Å². The van der Waals surface area contributed by atoms with Crippen molar-refractivity contribution in [3.8, 4) is 0 Å². The molecule has 5 heteroatoms. The van der Waals surface area contributed by atoms with Gasteiger partial charge in [-0.3, -0.25) is 9.80 Å². The fourth-order valence-electron chi connectivity index (χ4n) is 6.14. The van der Waals surface area contributed by atoms with Gasteiger partial charge in [0.1, 0.15) is 0 Å². The van der Waals surface area contributed by atoms with Gasteiger partial charge in [0.15, 0.2) is 0 Å². The van der Waals surface area contributed by atoms with Gasteiger partial charge in [-0.25, -0.2) is 0 Å². The van der Waals surface area contributed by atoms with Gasteiger partial charge in [-0.15, -0.1) is 11.3 Å². The minimum atomic E-state index is -0.552. The molecule has 1 aromatic heterocycles. The number of rotatable bonds is 8. The fourth-order valence-corrected chi connectivity index (χ4v) is 7.22. The number of aliphatic hydroxyl groups excluding tert-OH is 2. The van der Waals surface area contributed by atoms with Crippen LogP contribution < -0.4 is 0 Å². The zero-order valence-corrected chi connectivity index (χ0v) is 21.8. The lowest BCUT2D eigenvalue weighted by atomic mass is 9.94. The highest BCUT2D eigenvalue weighted by Crippen LogP contribution is 2.41. The first-order chi connectivity index (χ1) is 17.2. The zero-order valence-electron chi connectivity index (χ0n) is 21.0. The van der Waals surface area contributed by atoms with Crippen molar-refractivity contribution in [2.45, 2.75) is 63.6 Å². The maximum atomic E-state index is 11.3. The van der Waals surface area contributed by atoms with E-state index in [0.29, 0.717) is 0 Å². The van der Waals surface area contributed by atoms with Crippen LogP contribution in [0.15, 0.2) is 59.7 Å². The predicted molar refractivity (Wildman–Crippen MR) is 145 cm³/mol. The molecule has 0 spiro atoms. The van der Waals surface area contributed by atoms with E-state index in [4.69, 9.17) is 0 Å². The monoisotopic (exact) mass is 494 g/mol. The third-order valence-corrected chi connectivity index (χ3v) is 9.46. The summed E-state index contributed by atoms with van der Waals surface area (Å²) in [6, 6.07) is 4.06. The van der Waals surface area contributed by atoms with Crippen LogP contribution in [0.4, 0.5) is 0 Å². The van der Waals surface area contributed by atoms with E-state index >= 15 is 0 Å². The minimum absolute atomic E-state index is 0.0340. The highest BCUT2D eigenvalue weighted by molar-refractivity contribution is 7.12. The summed E-state index contributed by atoms with van der Waals surface area (Å²) in [6.45, 7) is 6.56. The van der Waals surface area contributed by atoms with Gasteiger partial charge in [-0.2, -0.15) is 0 Å². The van der Waals surface area contributed by atoms with E-state index in [1.807, 2.05) is 12.1 Å². The summed E-state index contributed by atoms with van der Waals surface area (Å²) in [6.07, 6.45) is 22.3. The molecule has 0 saturated carbocycles. The van der Waals surface area contributed by atoms with Crippen LogP contribution in [-0.2, 0) is 0 Å². The first-order valence-electron chi connectivity index (χ1n) is 13.8. The molecule has 2 saturated heterocycles. The third-order valence-electron chi connectivity index (χ3n) is 8.23. The van der Waals surface area contributed by atoms with Crippen molar-refractivity contribution in [1.82, 2.24) is 9.80 Å². The molecule has 0 bridgehead atoms. The molecule has 3 heterocycles. The maximum absolute atomic E-state index is 11.3. The molecule has 2 aliphatic carbocycles. The van der Waals surface area contributed by atoms with Crippen LogP contribution in [0.5, 0.6) is 0 Å². The van der Waals surface area contributed by atoms with Crippen molar-refractivity contribution in [3.05, 3.63) is 69.5 Å². The van der Waals surface area contributed by atoms with Crippen LogP contribution in [-0.4, -0.2) is 59.3 Å². The number of likely N-dealkylation sites (tertiary alicyclic amines) is 2. The molecule has 35 heavy (non-hydrogen) atoms. The van der Waals surface area contributed by atoms with Crippen LogP contribution in [0.3, 0.4) is 0 Å². The molecule has 4 unspecified atom stereocenters. The number of aliphatic hydroxyl groups is 2. The molecule has 2 aliphatic heterocycles. The topological polar surface area (TPSA) is 46.9 Å². The van der Waals surface area contributed by atoms with Crippen molar-refractivity contribution in [2.24, 2.45) is 11.8 Å². The van der Waals surface area contributed by atoms with E-state index in [2.05, 4.69) is 46.3 Å². The third kappa shape index (κ3) is 6.26. The Bertz CT molecular complexity index is 871. The highest BCUT2D eigenvalue weighted by atomic mass is 32.1. The summed E-state index contributed by atoms with van der Waals surface area (Å²) >= 11 is 1.58. The second-order valence-corrected chi connectivity index (χ2v) is 12.0. The van der Waals surface area contributed by atoms with Gasteiger partial charge in [0.05, 0.1) is 12.2 Å². The largest absolute Gasteiger partial charge is 0.387 e. The summed E-state index contributed by atoms with van der Waals surface area (Å²) < 4.78 is 0. The first kappa shape index (κ1) is 25.2. The molecule has 5 rings (SSSR count). The second kappa shape index (κ2) is 12.2. The average molecular weight is 495 g/mol. The van der Waals surface area contributed by atoms with Crippen LogP contribution in [0.1, 0.15) is 73.3 Å². The molecule has 1 aromatic rings. The summed E-state index contributed by atoms with van der Waals surface area (Å²) in [5.41, 5.74) is 2.63. The van der Waals surface area contributed by atoms with Gasteiger partial charge in [-0.05, 0) is 75.1 Å². The Morgan fingerprint density at radius 3 is 1.46 bits per heavy atom. The summed E-state index contributed by atoms with van der Waals surface area (Å²) in [7, 11) is 0. The Balaban J connectivity index is 1.21. The molecule has 4 aliphatic rings. The SMILES string of the molecule is OC(c1ccc(C(O)C2C=CC=C2CN2CCCCCC2)s1)C1C=CC=C1CN1CCCCCC1. The second-order valence-electron chi connectivity index (χ2n) is 10.8. The number of nitrogens with zero attached hydrogens (tertiary/aromatic N) is 2. The summed E-state index contributed by atoms with van der Waals surface area (Å²) in [5.74, 6) is 0.0681. The standard InChI is InChI=1S/C30H42N2O2S/c33-29(25-13-9-11-23(25)21-31-17-5-1-2-6-18-31)27-15-16-28(35-27)30(34)26-14-10-12-24(26)22-32-19-7-3-4-8-20-32/h9-16,25-26,29-30,33-34H,1-8,17-22H2. The summed E-state index contributed by atoms with van der Waals surface area (Å²) in [4.78, 5) is 7.02. The first-order valence-corrected chi connectivity index (χ1v) is 14.7. The predicted octanol–water partition coefficient (Wildman–Crippen LogP) is 5.79. The van der Waals surface area contributed by atoms with Crippen LogP contribution >= 0.6 is 11.3 Å². The molecule has 4 atom stereocenters. The Morgan fingerprint density at radius 2 is 1.06 bits per heavy atom. The molecule has 4 nitrogen and oxygen atoms in total. The van der Waals surface area contributed by atoms with Crippen LogP contribution in [0.25, 0.3) is 0 Å². The fraction of sp³-hybridized carbons (Fsp3) is 0.600. The molecule has 0 amide bonds. The lowest BCUT2D eigenvalue weighted by molar-refractivity contribution is 0.145. The number of thiophene rings is 1. The van der Waals surface area contributed by atoms with Gasteiger partial charge < -0.3 is 10.2 Å². The molecule has 0 radical (unpaired) electrons. The Hall–Kier alpha value is -1.50. The summed E-state index contributed by atoms with van der Waals surface area (Å²) in [5, 5.41) is 22.6. The lowest BCUT2D eigenvalue weighted by Crippen LogP contribution is -2.29. The van der Waals surface area contributed by atoms with E-state index in [1.165, 1.54) is 62.5 Å². The molecule has 0 aromatic carbocycles. The zero-order chi connectivity index (χ0) is 24.0. The molecule has 190 valence electrons. The normalized spacial score (nSPS) is 27.9.